The molecule has 1 heterocycles. The Hall–Kier alpha value is -1.75. The van der Waals surface area contributed by atoms with E-state index in [0.29, 0.717) is 5.69 Å². The van der Waals surface area contributed by atoms with E-state index in [1.807, 2.05) is 0 Å². The van der Waals surface area contributed by atoms with Crippen LogP contribution in [0.1, 0.15) is 0 Å². The maximum Gasteiger partial charge on any atom is 0.175 e. The Balaban J connectivity index is 2.53. The van der Waals surface area contributed by atoms with Gasteiger partial charge in [-0.15, -0.1) is 0 Å². The van der Waals surface area contributed by atoms with Crippen molar-refractivity contribution in [3.8, 4) is 11.3 Å². The van der Waals surface area contributed by atoms with E-state index in [2.05, 4.69) is 16.2 Å². The van der Waals surface area contributed by atoms with Crippen molar-refractivity contribution < 1.29 is 8.42 Å². The number of aromatic nitrogens is 2. The first kappa shape index (κ1) is 10.8. The highest BCUT2D eigenvalue weighted by Gasteiger charge is 2.08. The lowest BCUT2D eigenvalue weighted by molar-refractivity contribution is 0.602. The molecule has 1 aromatic carbocycles. The van der Waals surface area contributed by atoms with Gasteiger partial charge in [0.2, 0.25) is 0 Å². The van der Waals surface area contributed by atoms with E-state index in [-0.39, 0.29) is 4.90 Å². The van der Waals surface area contributed by atoms with E-state index >= 15 is 0 Å². The second-order valence-electron chi connectivity index (χ2n) is 3.33. The maximum absolute atomic E-state index is 11.4. The zero-order valence-corrected chi connectivity index (χ0v) is 9.40. The second-order valence-corrected chi connectivity index (χ2v) is 5.35. The van der Waals surface area contributed by atoms with Crippen LogP contribution in [-0.2, 0) is 9.84 Å². The molecular formula is C11H9N2O2S. The average molecular weight is 233 g/mol. The van der Waals surface area contributed by atoms with Crippen molar-refractivity contribution >= 4 is 9.84 Å². The fourth-order valence-electron chi connectivity index (χ4n) is 1.30. The van der Waals surface area contributed by atoms with Crippen LogP contribution in [0, 0.1) is 6.20 Å². The first-order valence-electron chi connectivity index (χ1n) is 4.56. The summed E-state index contributed by atoms with van der Waals surface area (Å²) in [5, 5.41) is 0. The Kier molecular flexibility index (Phi) is 2.70. The number of hydrogen-bond acceptors (Lipinski definition) is 4. The van der Waals surface area contributed by atoms with Crippen molar-refractivity contribution in [3.05, 3.63) is 42.9 Å². The van der Waals surface area contributed by atoms with Crippen molar-refractivity contribution in [2.24, 2.45) is 0 Å². The summed E-state index contributed by atoms with van der Waals surface area (Å²) in [6.07, 6.45) is 5.21. The summed E-state index contributed by atoms with van der Waals surface area (Å²) in [5.41, 5.74) is 1.39. The maximum atomic E-state index is 11.4. The summed E-state index contributed by atoms with van der Waals surface area (Å²) >= 11 is 0. The summed E-state index contributed by atoms with van der Waals surface area (Å²) in [6, 6.07) is 8.25. The van der Waals surface area contributed by atoms with Crippen LogP contribution >= 0.6 is 0 Å². The molecule has 1 aromatic heterocycles. The average Bonchev–Trinajstić information content (AvgIpc) is 2.29. The van der Waals surface area contributed by atoms with E-state index in [4.69, 9.17) is 0 Å². The van der Waals surface area contributed by atoms with Gasteiger partial charge < -0.3 is 0 Å². The third-order valence-electron chi connectivity index (χ3n) is 2.09. The summed E-state index contributed by atoms with van der Waals surface area (Å²) in [5.74, 6) is 0. The van der Waals surface area contributed by atoms with Gasteiger partial charge in [-0.3, -0.25) is 0 Å². The van der Waals surface area contributed by atoms with Crippen molar-refractivity contribution in [2.75, 3.05) is 6.26 Å². The number of nitrogens with zero attached hydrogens (tertiary/aromatic N) is 2. The molecule has 0 atom stereocenters. The van der Waals surface area contributed by atoms with Crippen molar-refractivity contribution in [1.82, 2.24) is 9.97 Å². The highest BCUT2D eigenvalue weighted by Crippen LogP contribution is 2.19. The SMILES string of the molecule is CS(=O)(=O)c1cccc(-c2c[c]ncn2)c1. The standard InChI is InChI=1S/C11H9N2O2S/c1-16(14,15)10-4-2-3-9(7-10)11-5-6-12-8-13-11/h2-5,7-8H,1H3. The van der Waals surface area contributed by atoms with Gasteiger partial charge in [0.1, 0.15) is 6.33 Å². The topological polar surface area (TPSA) is 59.9 Å². The molecule has 0 N–H and O–H groups in total. The molecular weight excluding hydrogens is 224 g/mol. The fraction of sp³-hybridized carbons (Fsp3) is 0.0909. The number of benzene rings is 1. The third-order valence-corrected chi connectivity index (χ3v) is 3.20. The molecule has 0 aliphatic carbocycles. The van der Waals surface area contributed by atoms with E-state index in [0.717, 1.165) is 5.56 Å². The van der Waals surface area contributed by atoms with Crippen LogP contribution < -0.4 is 0 Å². The van der Waals surface area contributed by atoms with Crippen LogP contribution in [-0.4, -0.2) is 24.6 Å². The minimum atomic E-state index is -3.19. The third kappa shape index (κ3) is 2.25. The second kappa shape index (κ2) is 4.02. The van der Waals surface area contributed by atoms with Gasteiger partial charge >= 0.3 is 0 Å². The normalized spacial score (nSPS) is 11.3. The molecule has 4 nitrogen and oxygen atoms in total. The van der Waals surface area contributed by atoms with Crippen LogP contribution in [0.3, 0.4) is 0 Å². The smallest absolute Gasteiger partial charge is 0.175 e. The molecule has 0 saturated heterocycles. The predicted octanol–water partition coefficient (Wildman–Crippen LogP) is 1.35. The first-order valence-corrected chi connectivity index (χ1v) is 6.45. The lowest BCUT2D eigenvalue weighted by Gasteiger charge is -2.02. The molecule has 2 aromatic rings. The Morgan fingerprint density at radius 1 is 1.31 bits per heavy atom. The molecule has 81 valence electrons. The molecule has 0 amide bonds. The summed E-state index contributed by atoms with van der Waals surface area (Å²) < 4.78 is 22.8. The number of sulfone groups is 1. The molecule has 0 spiro atoms. The first-order chi connectivity index (χ1) is 7.57. The largest absolute Gasteiger partial charge is 0.236 e. The van der Waals surface area contributed by atoms with Gasteiger partial charge in [-0.25, -0.2) is 18.4 Å². The Bertz CT molecular complexity index is 594. The van der Waals surface area contributed by atoms with Crippen LogP contribution in [0.15, 0.2) is 41.6 Å². The zero-order valence-electron chi connectivity index (χ0n) is 8.58. The van der Waals surface area contributed by atoms with E-state index in [1.165, 1.54) is 12.6 Å². The number of rotatable bonds is 2. The van der Waals surface area contributed by atoms with Gasteiger partial charge in [0, 0.05) is 11.8 Å². The highest BCUT2D eigenvalue weighted by atomic mass is 32.2. The highest BCUT2D eigenvalue weighted by molar-refractivity contribution is 7.90. The minimum Gasteiger partial charge on any atom is -0.236 e. The minimum absolute atomic E-state index is 0.281. The van der Waals surface area contributed by atoms with E-state index < -0.39 is 9.84 Å². The molecule has 5 heteroatoms. The molecule has 0 bridgehead atoms. The van der Waals surface area contributed by atoms with Crippen LogP contribution in [0.5, 0.6) is 0 Å². The predicted molar refractivity (Wildman–Crippen MR) is 59.4 cm³/mol. The molecule has 2 rings (SSSR count). The molecule has 0 fully saturated rings. The van der Waals surface area contributed by atoms with Gasteiger partial charge in [0.25, 0.3) is 0 Å². The quantitative estimate of drug-likeness (QED) is 0.785. The van der Waals surface area contributed by atoms with Gasteiger partial charge in [0.05, 0.1) is 16.8 Å². The summed E-state index contributed by atoms with van der Waals surface area (Å²) in [4.78, 5) is 8.00. The van der Waals surface area contributed by atoms with Crippen LogP contribution in [0.4, 0.5) is 0 Å². The Labute approximate surface area is 93.9 Å². The molecule has 0 saturated carbocycles. The molecule has 16 heavy (non-hydrogen) atoms. The van der Waals surface area contributed by atoms with Gasteiger partial charge in [0.15, 0.2) is 9.84 Å². The van der Waals surface area contributed by atoms with Crippen LogP contribution in [0.25, 0.3) is 11.3 Å². The monoisotopic (exact) mass is 233 g/mol. The van der Waals surface area contributed by atoms with E-state index in [9.17, 15) is 8.42 Å². The van der Waals surface area contributed by atoms with Gasteiger partial charge in [-0.1, -0.05) is 12.1 Å². The molecule has 0 unspecified atom stereocenters. The fourth-order valence-corrected chi connectivity index (χ4v) is 1.97. The number of hydrogen-bond donors (Lipinski definition) is 0. The van der Waals surface area contributed by atoms with E-state index in [1.54, 1.807) is 30.3 Å². The summed E-state index contributed by atoms with van der Waals surface area (Å²) in [7, 11) is -3.19. The molecule has 1 radical (unpaired) electrons. The van der Waals surface area contributed by atoms with Crippen molar-refractivity contribution in [3.63, 3.8) is 0 Å². The Morgan fingerprint density at radius 3 is 2.75 bits per heavy atom. The van der Waals surface area contributed by atoms with Crippen LogP contribution in [0.2, 0.25) is 0 Å². The van der Waals surface area contributed by atoms with Crippen molar-refractivity contribution in [2.45, 2.75) is 4.90 Å². The zero-order chi connectivity index (χ0) is 11.6. The Morgan fingerprint density at radius 2 is 2.12 bits per heavy atom. The van der Waals surface area contributed by atoms with Crippen molar-refractivity contribution in [1.29, 1.82) is 0 Å². The lowest BCUT2D eigenvalue weighted by atomic mass is 10.1. The van der Waals surface area contributed by atoms with Gasteiger partial charge in [-0.2, -0.15) is 0 Å². The molecule has 0 aliphatic heterocycles. The lowest BCUT2D eigenvalue weighted by Crippen LogP contribution is -1.97. The molecule has 0 aliphatic rings. The summed E-state index contributed by atoms with van der Waals surface area (Å²) in [6.45, 7) is 0. The van der Waals surface area contributed by atoms with Gasteiger partial charge in [-0.05, 0) is 18.2 Å².